The van der Waals surface area contributed by atoms with Crippen LogP contribution in [-0.2, 0) is 4.79 Å². The Morgan fingerprint density at radius 2 is 1.64 bits per heavy atom. The van der Waals surface area contributed by atoms with E-state index in [-0.39, 0.29) is 17.9 Å². The molecule has 7 nitrogen and oxygen atoms in total. The Hall–Kier alpha value is -3.09. The van der Waals surface area contributed by atoms with Crippen molar-refractivity contribution < 1.29 is 14.3 Å². The predicted octanol–water partition coefficient (Wildman–Crippen LogP) is 3.45. The molecule has 1 aliphatic carbocycles. The lowest BCUT2D eigenvalue weighted by Crippen LogP contribution is -2.55. The topological polar surface area (TPSA) is 83.6 Å². The van der Waals surface area contributed by atoms with Crippen LogP contribution >= 0.6 is 0 Å². The molecule has 3 heterocycles. The van der Waals surface area contributed by atoms with Crippen LogP contribution < -0.4 is 20.3 Å². The lowest BCUT2D eigenvalue weighted by molar-refractivity contribution is -0.135. The molecule has 2 amide bonds. The average molecular weight is 449 g/mol. The third-order valence-electron chi connectivity index (χ3n) is 6.92. The Balaban J connectivity index is 1.19. The van der Waals surface area contributed by atoms with E-state index in [4.69, 9.17) is 4.74 Å². The second-order valence-electron chi connectivity index (χ2n) is 10.0. The summed E-state index contributed by atoms with van der Waals surface area (Å²) in [5, 5.41) is 6.24. The van der Waals surface area contributed by atoms with Crippen LogP contribution in [0, 0.1) is 0 Å². The molecule has 2 N–H and O–H groups in total. The van der Waals surface area contributed by atoms with Crippen molar-refractivity contribution in [1.29, 1.82) is 0 Å². The summed E-state index contributed by atoms with van der Waals surface area (Å²) in [6.45, 7) is 3.62. The molecule has 2 aliphatic heterocycles. The van der Waals surface area contributed by atoms with Crippen LogP contribution in [0.3, 0.4) is 0 Å². The molecular formula is C26H32N4O3. The maximum Gasteiger partial charge on any atom is 0.263 e. The summed E-state index contributed by atoms with van der Waals surface area (Å²) in [7, 11) is 0. The van der Waals surface area contributed by atoms with Gasteiger partial charge in [0.25, 0.3) is 11.8 Å². The number of nitrogens with one attached hydrogen (secondary N) is 2. The van der Waals surface area contributed by atoms with Crippen molar-refractivity contribution in [2.24, 2.45) is 0 Å². The molecule has 2 atom stereocenters. The van der Waals surface area contributed by atoms with E-state index in [1.165, 1.54) is 0 Å². The molecular weight excluding hydrogens is 416 g/mol. The number of hydrogen-bond donors (Lipinski definition) is 2. The number of ether oxygens (including phenoxy) is 1. The van der Waals surface area contributed by atoms with Crippen LogP contribution in [0.2, 0.25) is 0 Å². The van der Waals surface area contributed by atoms with Gasteiger partial charge in [-0.25, -0.2) is 4.98 Å². The van der Waals surface area contributed by atoms with Gasteiger partial charge in [0.15, 0.2) is 5.60 Å². The van der Waals surface area contributed by atoms with Crippen LogP contribution in [0.1, 0.15) is 62.7 Å². The molecule has 0 spiro atoms. The number of carbonyl (C=O) groups is 2. The summed E-state index contributed by atoms with van der Waals surface area (Å²) < 4.78 is 5.96. The van der Waals surface area contributed by atoms with Gasteiger partial charge in [0.05, 0.1) is 5.56 Å². The molecule has 2 bridgehead atoms. The summed E-state index contributed by atoms with van der Waals surface area (Å²) in [5.41, 5.74) is -0.337. The lowest BCUT2D eigenvalue weighted by Gasteiger charge is -2.40. The van der Waals surface area contributed by atoms with Crippen molar-refractivity contribution in [2.45, 2.75) is 82.1 Å². The number of rotatable bonds is 7. The molecule has 5 rings (SSSR count). The van der Waals surface area contributed by atoms with Gasteiger partial charge in [-0.05, 0) is 76.6 Å². The van der Waals surface area contributed by atoms with Crippen molar-refractivity contribution in [3.63, 3.8) is 0 Å². The Kier molecular flexibility index (Phi) is 5.72. The zero-order valence-electron chi connectivity index (χ0n) is 19.3. The number of pyridine rings is 1. The van der Waals surface area contributed by atoms with Gasteiger partial charge in [0.2, 0.25) is 0 Å². The van der Waals surface area contributed by atoms with E-state index in [0.29, 0.717) is 29.4 Å². The predicted molar refractivity (Wildman–Crippen MR) is 126 cm³/mol. The molecule has 7 heteroatoms. The van der Waals surface area contributed by atoms with Gasteiger partial charge in [-0.1, -0.05) is 18.2 Å². The third-order valence-corrected chi connectivity index (χ3v) is 6.92. The van der Waals surface area contributed by atoms with E-state index in [1.807, 2.05) is 56.3 Å². The molecule has 2 saturated heterocycles. The summed E-state index contributed by atoms with van der Waals surface area (Å²) in [4.78, 5) is 32.3. The normalized spacial score (nSPS) is 24.3. The van der Waals surface area contributed by atoms with Gasteiger partial charge in [-0.2, -0.15) is 0 Å². The zero-order chi connectivity index (χ0) is 23.0. The Labute approximate surface area is 194 Å². The highest BCUT2D eigenvalue weighted by atomic mass is 16.5. The SMILES string of the molecule is CC(C)(Oc1ccccc1)C(=O)NC1CC2CCC(C1)N2c1ccc(C(=O)NC2CC2)cn1. The second-order valence-corrected chi connectivity index (χ2v) is 10.0. The van der Waals surface area contributed by atoms with Gasteiger partial charge in [-0.15, -0.1) is 0 Å². The molecule has 2 aromatic rings. The fraction of sp³-hybridized carbons (Fsp3) is 0.500. The highest BCUT2D eigenvalue weighted by molar-refractivity contribution is 5.94. The first-order valence-electron chi connectivity index (χ1n) is 12.0. The van der Waals surface area contributed by atoms with E-state index in [2.05, 4.69) is 20.5 Å². The van der Waals surface area contributed by atoms with Crippen LogP contribution in [0.15, 0.2) is 48.7 Å². The number of nitrogens with zero attached hydrogens (tertiary/aromatic N) is 2. The first-order chi connectivity index (χ1) is 15.9. The monoisotopic (exact) mass is 448 g/mol. The third kappa shape index (κ3) is 4.82. The van der Waals surface area contributed by atoms with Gasteiger partial charge in [0.1, 0.15) is 11.6 Å². The average Bonchev–Trinajstić information content (AvgIpc) is 3.57. The second kappa shape index (κ2) is 8.69. The van der Waals surface area contributed by atoms with Gasteiger partial charge >= 0.3 is 0 Å². The number of anilines is 1. The maximum absolute atomic E-state index is 13.0. The maximum atomic E-state index is 13.0. The first kappa shape index (κ1) is 21.7. The fourth-order valence-corrected chi connectivity index (χ4v) is 5.03. The smallest absolute Gasteiger partial charge is 0.263 e. The van der Waals surface area contributed by atoms with Crippen LogP contribution in [0.4, 0.5) is 5.82 Å². The minimum Gasteiger partial charge on any atom is -0.478 e. The van der Waals surface area contributed by atoms with Crippen LogP contribution in [-0.4, -0.2) is 46.6 Å². The van der Waals surface area contributed by atoms with Crippen LogP contribution in [0.5, 0.6) is 5.75 Å². The Morgan fingerprint density at radius 1 is 0.939 bits per heavy atom. The molecule has 1 saturated carbocycles. The molecule has 0 radical (unpaired) electrons. The Bertz CT molecular complexity index is 990. The van der Waals surface area contributed by atoms with E-state index in [9.17, 15) is 9.59 Å². The van der Waals surface area contributed by atoms with Crippen molar-refractivity contribution >= 4 is 17.6 Å². The molecule has 1 aromatic carbocycles. The molecule has 174 valence electrons. The largest absolute Gasteiger partial charge is 0.478 e. The number of carbonyl (C=O) groups excluding carboxylic acids is 2. The number of fused-ring (bicyclic) bond motifs is 2. The molecule has 2 unspecified atom stereocenters. The summed E-state index contributed by atoms with van der Waals surface area (Å²) in [5.74, 6) is 1.48. The molecule has 1 aromatic heterocycles. The highest BCUT2D eigenvalue weighted by Gasteiger charge is 2.43. The number of hydrogen-bond acceptors (Lipinski definition) is 5. The standard InChI is InChI=1S/C26H32N4O3/c1-26(2,33-22-6-4-3-5-7-22)25(32)29-19-14-20-11-12-21(15-19)30(20)23-13-8-17(16-27-23)24(31)28-18-9-10-18/h3-8,13,16,18-21H,9-12,14-15H2,1-2H3,(H,28,31)(H,29,32). The number of aromatic nitrogens is 1. The summed E-state index contributed by atoms with van der Waals surface area (Å²) in [6.07, 6.45) is 7.77. The van der Waals surface area contributed by atoms with E-state index in [1.54, 1.807) is 6.20 Å². The number of para-hydroxylation sites is 1. The van der Waals surface area contributed by atoms with E-state index >= 15 is 0 Å². The van der Waals surface area contributed by atoms with Crippen molar-refractivity contribution in [2.75, 3.05) is 4.90 Å². The molecule has 3 aliphatic rings. The number of benzene rings is 1. The fourth-order valence-electron chi connectivity index (χ4n) is 5.03. The quantitative estimate of drug-likeness (QED) is 0.678. The number of piperidine rings is 1. The van der Waals surface area contributed by atoms with Crippen molar-refractivity contribution in [3.8, 4) is 5.75 Å². The number of amides is 2. The highest BCUT2D eigenvalue weighted by Crippen LogP contribution is 2.38. The minimum absolute atomic E-state index is 0.0405. The van der Waals surface area contributed by atoms with E-state index < -0.39 is 5.60 Å². The summed E-state index contributed by atoms with van der Waals surface area (Å²) >= 11 is 0. The first-order valence-corrected chi connectivity index (χ1v) is 12.0. The van der Waals surface area contributed by atoms with Crippen LogP contribution in [0.25, 0.3) is 0 Å². The zero-order valence-corrected chi connectivity index (χ0v) is 19.3. The lowest BCUT2D eigenvalue weighted by atomic mass is 9.96. The molecule has 3 fully saturated rings. The minimum atomic E-state index is -0.948. The molecule has 33 heavy (non-hydrogen) atoms. The summed E-state index contributed by atoms with van der Waals surface area (Å²) in [6, 6.07) is 14.4. The van der Waals surface area contributed by atoms with Gasteiger partial charge in [-0.3, -0.25) is 9.59 Å². The van der Waals surface area contributed by atoms with Crippen molar-refractivity contribution in [3.05, 3.63) is 54.2 Å². The van der Waals surface area contributed by atoms with E-state index in [0.717, 1.165) is 44.3 Å². The van der Waals surface area contributed by atoms with Gasteiger partial charge < -0.3 is 20.3 Å². The Morgan fingerprint density at radius 3 is 2.24 bits per heavy atom. The van der Waals surface area contributed by atoms with Crippen molar-refractivity contribution in [1.82, 2.24) is 15.6 Å². The van der Waals surface area contributed by atoms with Gasteiger partial charge in [0, 0.05) is 30.4 Å².